The van der Waals surface area contributed by atoms with Crippen LogP contribution >= 0.6 is 0 Å². The summed E-state index contributed by atoms with van der Waals surface area (Å²) < 4.78 is 1.96. The van der Waals surface area contributed by atoms with Crippen LogP contribution in [0.1, 0.15) is 11.3 Å². The van der Waals surface area contributed by atoms with Crippen LogP contribution in [0, 0.1) is 11.5 Å². The summed E-state index contributed by atoms with van der Waals surface area (Å²) in [6, 6.07) is 12.3. The highest BCUT2D eigenvalue weighted by Gasteiger charge is 2.08. The predicted octanol–water partition coefficient (Wildman–Crippen LogP) is 3.16. The Hall–Kier alpha value is -1.79. The molecule has 2 aromatic rings. The fourth-order valence-electron chi connectivity index (χ4n) is 1.57. The number of nitrogens with zero attached hydrogens (tertiary/aromatic N) is 2. The minimum absolute atomic E-state index is 0.781. The van der Waals surface area contributed by atoms with E-state index < -0.39 is 8.07 Å². The van der Waals surface area contributed by atoms with Gasteiger partial charge in [0.15, 0.2) is 0 Å². The quantitative estimate of drug-likeness (QED) is 0.594. The average molecular weight is 254 g/mol. The molecule has 2 rings (SSSR count). The Morgan fingerprint density at radius 3 is 2.50 bits per heavy atom. The molecule has 1 heterocycles. The molecule has 0 unspecified atom stereocenters. The number of benzene rings is 1. The molecule has 0 spiro atoms. The van der Waals surface area contributed by atoms with Crippen LogP contribution in [0.2, 0.25) is 19.6 Å². The fraction of sp³-hybridized carbons (Fsp3) is 0.267. The second-order valence-electron chi connectivity index (χ2n) is 5.36. The van der Waals surface area contributed by atoms with Gasteiger partial charge in [-0.2, -0.15) is 5.10 Å². The van der Waals surface area contributed by atoms with Crippen molar-refractivity contribution in [2.75, 3.05) is 0 Å². The molecule has 0 radical (unpaired) electrons. The Kier molecular flexibility index (Phi) is 3.68. The van der Waals surface area contributed by atoms with E-state index in [1.165, 1.54) is 5.56 Å². The normalized spacial score (nSPS) is 10.8. The van der Waals surface area contributed by atoms with Crippen LogP contribution in [-0.2, 0) is 6.54 Å². The van der Waals surface area contributed by atoms with E-state index in [1.807, 2.05) is 35.1 Å². The Morgan fingerprint density at radius 2 is 1.83 bits per heavy atom. The SMILES string of the molecule is C[Si](C)(C)C#Cc1ccnn1Cc1ccccc1. The Labute approximate surface area is 110 Å². The topological polar surface area (TPSA) is 17.8 Å². The van der Waals surface area contributed by atoms with Gasteiger partial charge in [0.2, 0.25) is 0 Å². The van der Waals surface area contributed by atoms with Crippen LogP contribution in [0.15, 0.2) is 42.6 Å². The summed E-state index contributed by atoms with van der Waals surface area (Å²) in [5.41, 5.74) is 5.63. The van der Waals surface area contributed by atoms with Gasteiger partial charge in [-0.25, -0.2) is 0 Å². The third kappa shape index (κ3) is 3.61. The number of aromatic nitrogens is 2. The Bertz CT molecular complexity index is 568. The second-order valence-corrected chi connectivity index (χ2v) is 10.1. The van der Waals surface area contributed by atoms with E-state index in [0.29, 0.717) is 0 Å². The Morgan fingerprint density at radius 1 is 1.11 bits per heavy atom. The first-order valence-electron chi connectivity index (χ1n) is 6.13. The third-order valence-electron chi connectivity index (χ3n) is 2.46. The first-order valence-corrected chi connectivity index (χ1v) is 9.63. The van der Waals surface area contributed by atoms with Crippen molar-refractivity contribution in [3.8, 4) is 11.5 Å². The molecule has 3 heteroatoms. The zero-order valence-corrected chi connectivity index (χ0v) is 12.1. The van der Waals surface area contributed by atoms with Gasteiger partial charge >= 0.3 is 0 Å². The largest absolute Gasteiger partial charge is 0.253 e. The monoisotopic (exact) mass is 254 g/mol. The van der Waals surface area contributed by atoms with E-state index in [1.54, 1.807) is 0 Å². The molecule has 2 nitrogen and oxygen atoms in total. The molecule has 0 saturated heterocycles. The highest BCUT2D eigenvalue weighted by atomic mass is 28.3. The first kappa shape index (κ1) is 12.7. The zero-order chi connectivity index (χ0) is 13.0. The van der Waals surface area contributed by atoms with Crippen molar-refractivity contribution in [1.82, 2.24) is 9.78 Å². The molecule has 0 bridgehead atoms. The predicted molar refractivity (Wildman–Crippen MR) is 78.0 cm³/mol. The highest BCUT2D eigenvalue weighted by Crippen LogP contribution is 2.05. The standard InChI is InChI=1S/C15H18N2Si/c1-18(2,3)12-10-15-9-11-16-17(15)13-14-7-5-4-6-8-14/h4-9,11H,13H2,1-3H3. The molecule has 1 aromatic carbocycles. The Balaban J connectivity index is 2.20. The molecule has 0 amide bonds. The van der Waals surface area contributed by atoms with Crippen molar-refractivity contribution >= 4 is 8.07 Å². The van der Waals surface area contributed by atoms with Gasteiger partial charge in [0.25, 0.3) is 0 Å². The van der Waals surface area contributed by atoms with E-state index in [9.17, 15) is 0 Å². The number of hydrogen-bond donors (Lipinski definition) is 0. The summed E-state index contributed by atoms with van der Waals surface area (Å²) >= 11 is 0. The summed E-state index contributed by atoms with van der Waals surface area (Å²) in [6.07, 6.45) is 1.82. The van der Waals surface area contributed by atoms with Crippen molar-refractivity contribution in [2.24, 2.45) is 0 Å². The molecular formula is C15H18N2Si. The lowest BCUT2D eigenvalue weighted by Crippen LogP contribution is -2.16. The number of hydrogen-bond acceptors (Lipinski definition) is 1. The minimum atomic E-state index is -1.33. The maximum atomic E-state index is 4.34. The van der Waals surface area contributed by atoms with Gasteiger partial charge in [-0.05, 0) is 11.6 Å². The first-order chi connectivity index (χ1) is 8.54. The zero-order valence-electron chi connectivity index (χ0n) is 11.1. The van der Waals surface area contributed by atoms with Crippen LogP contribution in [0.3, 0.4) is 0 Å². The van der Waals surface area contributed by atoms with Gasteiger partial charge in [-0.15, -0.1) is 5.54 Å². The van der Waals surface area contributed by atoms with E-state index >= 15 is 0 Å². The van der Waals surface area contributed by atoms with E-state index in [4.69, 9.17) is 0 Å². The van der Waals surface area contributed by atoms with Crippen LogP contribution in [-0.4, -0.2) is 17.9 Å². The smallest absolute Gasteiger partial charge is 0.129 e. The van der Waals surface area contributed by atoms with Crippen LogP contribution < -0.4 is 0 Å². The maximum absolute atomic E-state index is 4.34. The van der Waals surface area contributed by atoms with Gasteiger partial charge in [0.05, 0.1) is 12.7 Å². The van der Waals surface area contributed by atoms with Crippen molar-refractivity contribution in [3.05, 3.63) is 53.9 Å². The molecule has 0 fully saturated rings. The summed E-state index contributed by atoms with van der Waals surface area (Å²) in [7, 11) is -1.33. The van der Waals surface area contributed by atoms with Crippen LogP contribution in [0.5, 0.6) is 0 Å². The highest BCUT2D eigenvalue weighted by molar-refractivity contribution is 6.83. The van der Waals surface area contributed by atoms with Crippen LogP contribution in [0.4, 0.5) is 0 Å². The lowest BCUT2D eigenvalue weighted by molar-refractivity contribution is 0.679. The molecule has 0 aliphatic rings. The summed E-state index contributed by atoms with van der Waals surface area (Å²) in [5.74, 6) is 3.27. The molecule has 92 valence electrons. The van der Waals surface area contributed by atoms with Gasteiger partial charge in [0, 0.05) is 0 Å². The summed E-state index contributed by atoms with van der Waals surface area (Å²) in [6.45, 7) is 7.53. The molecule has 18 heavy (non-hydrogen) atoms. The molecular weight excluding hydrogens is 236 g/mol. The van der Waals surface area contributed by atoms with Gasteiger partial charge in [-0.1, -0.05) is 55.9 Å². The molecule has 0 atom stereocenters. The molecule has 0 aliphatic carbocycles. The van der Waals surface area contributed by atoms with Crippen molar-refractivity contribution in [3.63, 3.8) is 0 Å². The summed E-state index contributed by atoms with van der Waals surface area (Å²) in [5, 5.41) is 4.34. The third-order valence-corrected chi connectivity index (χ3v) is 3.33. The van der Waals surface area contributed by atoms with Crippen molar-refractivity contribution in [1.29, 1.82) is 0 Å². The molecule has 0 N–H and O–H groups in total. The van der Waals surface area contributed by atoms with Gasteiger partial charge in [0.1, 0.15) is 13.8 Å². The van der Waals surface area contributed by atoms with Crippen molar-refractivity contribution in [2.45, 2.75) is 26.2 Å². The van der Waals surface area contributed by atoms with E-state index in [0.717, 1.165) is 12.2 Å². The fourth-order valence-corrected chi connectivity index (χ4v) is 2.08. The second kappa shape index (κ2) is 5.24. The van der Waals surface area contributed by atoms with Gasteiger partial charge in [-0.3, -0.25) is 4.68 Å². The average Bonchev–Trinajstić information content (AvgIpc) is 2.74. The van der Waals surface area contributed by atoms with E-state index in [2.05, 4.69) is 48.3 Å². The number of rotatable bonds is 2. The molecule has 0 aliphatic heterocycles. The lowest BCUT2D eigenvalue weighted by atomic mass is 10.2. The van der Waals surface area contributed by atoms with E-state index in [-0.39, 0.29) is 0 Å². The lowest BCUT2D eigenvalue weighted by Gasteiger charge is -2.05. The molecule has 0 saturated carbocycles. The van der Waals surface area contributed by atoms with Crippen molar-refractivity contribution < 1.29 is 0 Å². The minimum Gasteiger partial charge on any atom is -0.253 e. The summed E-state index contributed by atoms with van der Waals surface area (Å²) in [4.78, 5) is 0. The van der Waals surface area contributed by atoms with Crippen LogP contribution in [0.25, 0.3) is 0 Å². The van der Waals surface area contributed by atoms with Gasteiger partial charge < -0.3 is 0 Å². The maximum Gasteiger partial charge on any atom is 0.129 e. The molecule has 1 aromatic heterocycles.